The van der Waals surface area contributed by atoms with Gasteiger partial charge < -0.3 is 15.8 Å². The summed E-state index contributed by atoms with van der Waals surface area (Å²) in [7, 11) is 0. The van der Waals surface area contributed by atoms with Gasteiger partial charge in [-0.1, -0.05) is 30.3 Å². The predicted molar refractivity (Wildman–Crippen MR) is 87.5 cm³/mol. The van der Waals surface area contributed by atoms with Crippen LogP contribution in [0.2, 0.25) is 0 Å². The Kier molecular flexibility index (Phi) is 6.83. The molecule has 0 aromatic heterocycles. The van der Waals surface area contributed by atoms with Crippen LogP contribution in [0.15, 0.2) is 30.3 Å². The number of nitrogens with one attached hydrogen (secondary N) is 1. The van der Waals surface area contributed by atoms with Crippen LogP contribution in [0.4, 0.5) is 0 Å². The molecule has 1 fully saturated rings. The Labute approximate surface area is 132 Å². The van der Waals surface area contributed by atoms with Gasteiger partial charge in [0.05, 0.1) is 19.3 Å². The van der Waals surface area contributed by atoms with Crippen molar-refractivity contribution in [1.29, 1.82) is 0 Å². The summed E-state index contributed by atoms with van der Waals surface area (Å²) in [5.74, 6) is 0.0689. The summed E-state index contributed by atoms with van der Waals surface area (Å²) in [6, 6.07) is 10.2. The number of carbonyl (C=O) groups is 1. The van der Waals surface area contributed by atoms with E-state index in [-0.39, 0.29) is 18.0 Å². The van der Waals surface area contributed by atoms with Gasteiger partial charge in [0.2, 0.25) is 5.91 Å². The van der Waals surface area contributed by atoms with Gasteiger partial charge in [-0.05, 0) is 18.9 Å². The number of nitrogens with two attached hydrogens (primary N) is 1. The molecule has 2 atom stereocenters. The molecule has 2 rings (SSSR count). The lowest BCUT2D eigenvalue weighted by atomic mass is 10.1. The Bertz CT molecular complexity index is 444. The van der Waals surface area contributed by atoms with E-state index in [1.807, 2.05) is 25.1 Å². The fourth-order valence-corrected chi connectivity index (χ4v) is 2.59. The molecule has 5 nitrogen and oxygen atoms in total. The molecule has 1 amide bonds. The Morgan fingerprint density at radius 3 is 2.64 bits per heavy atom. The highest BCUT2D eigenvalue weighted by molar-refractivity contribution is 5.76. The number of carbonyl (C=O) groups excluding carboxylic acids is 1. The van der Waals surface area contributed by atoms with Crippen molar-refractivity contribution in [3.05, 3.63) is 35.9 Å². The van der Waals surface area contributed by atoms with E-state index < -0.39 is 0 Å². The summed E-state index contributed by atoms with van der Waals surface area (Å²) in [5.41, 5.74) is 6.87. The number of benzene rings is 1. The van der Waals surface area contributed by atoms with Crippen LogP contribution in [0.3, 0.4) is 0 Å². The third-order valence-corrected chi connectivity index (χ3v) is 3.91. The minimum Gasteiger partial charge on any atom is -0.379 e. The van der Waals surface area contributed by atoms with E-state index >= 15 is 0 Å². The summed E-state index contributed by atoms with van der Waals surface area (Å²) in [4.78, 5) is 14.5. The standard InChI is InChI=1S/C17H27N3O2/c1-14(18)7-8-17(21)19-16(15-5-3-2-4-6-15)13-20-9-11-22-12-10-20/h2-6,14,16H,7-13,18H2,1H3,(H,19,21). The van der Waals surface area contributed by atoms with E-state index in [1.165, 1.54) is 0 Å². The summed E-state index contributed by atoms with van der Waals surface area (Å²) in [5, 5.41) is 3.16. The number of morpholine rings is 1. The molecule has 0 saturated carbocycles. The molecule has 1 aromatic carbocycles. The highest BCUT2D eigenvalue weighted by Gasteiger charge is 2.20. The van der Waals surface area contributed by atoms with Crippen LogP contribution in [0.1, 0.15) is 31.4 Å². The van der Waals surface area contributed by atoms with E-state index in [1.54, 1.807) is 0 Å². The van der Waals surface area contributed by atoms with Gasteiger partial charge in [-0.3, -0.25) is 9.69 Å². The van der Waals surface area contributed by atoms with Crippen LogP contribution in [0, 0.1) is 0 Å². The lowest BCUT2D eigenvalue weighted by Crippen LogP contribution is -2.43. The first-order valence-electron chi connectivity index (χ1n) is 8.05. The van der Waals surface area contributed by atoms with Crippen molar-refractivity contribution >= 4 is 5.91 Å². The second kappa shape index (κ2) is 8.88. The Balaban J connectivity index is 1.96. The molecule has 1 aliphatic heterocycles. The molecule has 2 unspecified atom stereocenters. The molecule has 0 spiro atoms. The third kappa shape index (κ3) is 5.75. The number of hydrogen-bond donors (Lipinski definition) is 2. The fraction of sp³-hybridized carbons (Fsp3) is 0.588. The van der Waals surface area contributed by atoms with Gasteiger partial charge in [-0.25, -0.2) is 0 Å². The minimum atomic E-state index is 0.0138. The Hall–Kier alpha value is -1.43. The lowest BCUT2D eigenvalue weighted by molar-refractivity contribution is -0.122. The number of ether oxygens (including phenoxy) is 1. The van der Waals surface area contributed by atoms with Crippen molar-refractivity contribution in [3.63, 3.8) is 0 Å². The SMILES string of the molecule is CC(N)CCC(=O)NC(CN1CCOCC1)c1ccccc1. The van der Waals surface area contributed by atoms with Crippen LogP contribution >= 0.6 is 0 Å². The summed E-state index contributed by atoms with van der Waals surface area (Å²) >= 11 is 0. The average molecular weight is 305 g/mol. The molecule has 122 valence electrons. The highest BCUT2D eigenvalue weighted by Crippen LogP contribution is 2.15. The molecule has 3 N–H and O–H groups in total. The first-order chi connectivity index (χ1) is 10.6. The summed E-state index contributed by atoms with van der Waals surface area (Å²) < 4.78 is 5.39. The van der Waals surface area contributed by atoms with E-state index in [0.29, 0.717) is 12.8 Å². The topological polar surface area (TPSA) is 67.6 Å². The molecule has 5 heteroatoms. The van der Waals surface area contributed by atoms with Gasteiger partial charge in [0.25, 0.3) is 0 Å². The van der Waals surface area contributed by atoms with Gasteiger partial charge in [0, 0.05) is 32.1 Å². The predicted octanol–water partition coefficient (Wildman–Crippen LogP) is 1.30. The van der Waals surface area contributed by atoms with Gasteiger partial charge in [0.1, 0.15) is 0 Å². The first kappa shape index (κ1) is 16.9. The zero-order chi connectivity index (χ0) is 15.8. The molecule has 0 bridgehead atoms. The molecule has 0 aliphatic carbocycles. The van der Waals surface area contributed by atoms with Crippen LogP contribution in [0.5, 0.6) is 0 Å². The Morgan fingerprint density at radius 1 is 1.32 bits per heavy atom. The molecule has 22 heavy (non-hydrogen) atoms. The van der Waals surface area contributed by atoms with Crippen molar-refractivity contribution < 1.29 is 9.53 Å². The van der Waals surface area contributed by atoms with Crippen molar-refractivity contribution in [2.24, 2.45) is 5.73 Å². The smallest absolute Gasteiger partial charge is 0.220 e. The van der Waals surface area contributed by atoms with Gasteiger partial charge in [-0.2, -0.15) is 0 Å². The van der Waals surface area contributed by atoms with E-state index in [0.717, 1.165) is 38.4 Å². The molecule has 1 aromatic rings. The second-order valence-corrected chi connectivity index (χ2v) is 5.96. The van der Waals surface area contributed by atoms with Crippen molar-refractivity contribution in [2.75, 3.05) is 32.8 Å². The number of hydrogen-bond acceptors (Lipinski definition) is 4. The van der Waals surface area contributed by atoms with Crippen LogP contribution in [-0.2, 0) is 9.53 Å². The number of rotatable bonds is 7. The van der Waals surface area contributed by atoms with E-state index in [9.17, 15) is 4.79 Å². The monoisotopic (exact) mass is 305 g/mol. The molecular weight excluding hydrogens is 278 g/mol. The number of amides is 1. The zero-order valence-corrected chi connectivity index (χ0v) is 13.3. The zero-order valence-electron chi connectivity index (χ0n) is 13.3. The molecule has 1 saturated heterocycles. The van der Waals surface area contributed by atoms with Crippen molar-refractivity contribution in [2.45, 2.75) is 31.8 Å². The maximum Gasteiger partial charge on any atom is 0.220 e. The van der Waals surface area contributed by atoms with Crippen LogP contribution < -0.4 is 11.1 Å². The maximum atomic E-state index is 12.2. The van der Waals surface area contributed by atoms with Gasteiger partial charge >= 0.3 is 0 Å². The maximum absolute atomic E-state index is 12.2. The molecular formula is C17H27N3O2. The average Bonchev–Trinajstić information content (AvgIpc) is 2.54. The fourth-order valence-electron chi connectivity index (χ4n) is 2.59. The molecule has 1 aliphatic rings. The highest BCUT2D eigenvalue weighted by atomic mass is 16.5. The quantitative estimate of drug-likeness (QED) is 0.797. The minimum absolute atomic E-state index is 0.0138. The second-order valence-electron chi connectivity index (χ2n) is 5.96. The van der Waals surface area contributed by atoms with E-state index in [4.69, 9.17) is 10.5 Å². The Morgan fingerprint density at radius 2 is 2.00 bits per heavy atom. The number of nitrogens with zero attached hydrogens (tertiary/aromatic N) is 1. The van der Waals surface area contributed by atoms with Crippen LogP contribution in [-0.4, -0.2) is 49.7 Å². The van der Waals surface area contributed by atoms with Crippen LogP contribution in [0.25, 0.3) is 0 Å². The molecule has 1 heterocycles. The summed E-state index contributed by atoms with van der Waals surface area (Å²) in [6.07, 6.45) is 1.19. The first-order valence-corrected chi connectivity index (χ1v) is 8.05. The van der Waals surface area contributed by atoms with Crippen molar-refractivity contribution in [3.8, 4) is 0 Å². The van der Waals surface area contributed by atoms with E-state index in [2.05, 4.69) is 22.3 Å². The van der Waals surface area contributed by atoms with Gasteiger partial charge in [0.15, 0.2) is 0 Å². The lowest BCUT2D eigenvalue weighted by Gasteiger charge is -2.31. The summed E-state index contributed by atoms with van der Waals surface area (Å²) in [6.45, 7) is 6.10. The normalized spacial score (nSPS) is 18.6. The van der Waals surface area contributed by atoms with Gasteiger partial charge in [-0.15, -0.1) is 0 Å². The largest absolute Gasteiger partial charge is 0.379 e. The van der Waals surface area contributed by atoms with Crippen molar-refractivity contribution in [1.82, 2.24) is 10.2 Å². The third-order valence-electron chi connectivity index (χ3n) is 3.91. The molecule has 0 radical (unpaired) electrons.